The summed E-state index contributed by atoms with van der Waals surface area (Å²) in [7, 11) is 0. The van der Waals surface area contributed by atoms with Gasteiger partial charge in [-0.15, -0.1) is 0 Å². The number of carbonyl (C=O) groups is 2. The van der Waals surface area contributed by atoms with Gasteiger partial charge in [0.1, 0.15) is 12.4 Å². The molecular formula is C31H37N3O4. The second kappa shape index (κ2) is 10.7. The zero-order chi connectivity index (χ0) is 26.1. The minimum absolute atomic E-state index is 0.144. The predicted octanol–water partition coefficient (Wildman–Crippen LogP) is 6.10. The van der Waals surface area contributed by atoms with Gasteiger partial charge in [0.2, 0.25) is 5.91 Å². The van der Waals surface area contributed by atoms with E-state index in [9.17, 15) is 9.59 Å². The number of hydrogen-bond acceptors (Lipinski definition) is 5. The number of hydrogen-bond donors (Lipinski definition) is 1. The molecule has 0 bridgehead atoms. The summed E-state index contributed by atoms with van der Waals surface area (Å²) in [6.45, 7) is 4.62. The number of para-hydroxylation sites is 1. The smallest absolute Gasteiger partial charge is 0.308 e. The largest absolute Gasteiger partial charge is 0.489 e. The highest BCUT2D eigenvalue weighted by Gasteiger charge is 2.30. The molecule has 3 aliphatic rings. The number of amides is 1. The minimum atomic E-state index is -0.317. The van der Waals surface area contributed by atoms with E-state index in [1.807, 2.05) is 23.1 Å². The van der Waals surface area contributed by atoms with Gasteiger partial charge in [0.05, 0.1) is 30.0 Å². The number of nitrogens with one attached hydrogen (secondary N) is 1. The minimum Gasteiger partial charge on any atom is -0.489 e. The van der Waals surface area contributed by atoms with Gasteiger partial charge in [-0.3, -0.25) is 9.59 Å². The fraction of sp³-hybridized carbons (Fsp3) is 0.484. The number of piperidine rings is 1. The van der Waals surface area contributed by atoms with Crippen LogP contribution in [0.3, 0.4) is 0 Å². The number of fused-ring (bicyclic) bond motifs is 5. The van der Waals surface area contributed by atoms with E-state index in [4.69, 9.17) is 9.47 Å². The highest BCUT2D eigenvalue weighted by atomic mass is 16.5. The van der Waals surface area contributed by atoms with Gasteiger partial charge in [-0.2, -0.15) is 0 Å². The van der Waals surface area contributed by atoms with Crippen molar-refractivity contribution in [1.82, 2.24) is 9.47 Å². The van der Waals surface area contributed by atoms with E-state index in [1.165, 1.54) is 62.1 Å². The molecule has 0 unspecified atom stereocenters. The average Bonchev–Trinajstić information content (AvgIpc) is 3.12. The van der Waals surface area contributed by atoms with Crippen molar-refractivity contribution in [3.63, 3.8) is 0 Å². The lowest BCUT2D eigenvalue weighted by Crippen LogP contribution is -2.39. The molecule has 6 rings (SSSR count). The average molecular weight is 516 g/mol. The van der Waals surface area contributed by atoms with Crippen molar-refractivity contribution < 1.29 is 19.1 Å². The highest BCUT2D eigenvalue weighted by molar-refractivity contribution is 5.96. The summed E-state index contributed by atoms with van der Waals surface area (Å²) >= 11 is 0. The molecule has 1 saturated heterocycles. The Kier molecular flexibility index (Phi) is 7.00. The molecule has 1 N–H and O–H groups in total. The number of likely N-dealkylation sites (tertiary alicyclic amines) is 1. The Morgan fingerprint density at radius 3 is 2.58 bits per heavy atom. The molecule has 2 fully saturated rings. The van der Waals surface area contributed by atoms with Crippen LogP contribution in [0.1, 0.15) is 69.8 Å². The van der Waals surface area contributed by atoms with Crippen LogP contribution in [0.25, 0.3) is 22.2 Å². The summed E-state index contributed by atoms with van der Waals surface area (Å²) < 4.78 is 14.2. The normalized spacial score (nSPS) is 17.8. The Morgan fingerprint density at radius 1 is 1.00 bits per heavy atom. The molecule has 2 aliphatic heterocycles. The van der Waals surface area contributed by atoms with E-state index in [0.29, 0.717) is 24.8 Å². The molecule has 1 aliphatic carbocycles. The zero-order valence-corrected chi connectivity index (χ0v) is 22.3. The fourth-order valence-electron chi connectivity index (χ4n) is 6.60. The van der Waals surface area contributed by atoms with Gasteiger partial charge < -0.3 is 24.3 Å². The first-order valence-corrected chi connectivity index (χ1v) is 14.2. The molecule has 1 saturated carbocycles. The van der Waals surface area contributed by atoms with Crippen LogP contribution in [-0.2, 0) is 16.1 Å². The van der Waals surface area contributed by atoms with Crippen molar-refractivity contribution in [2.24, 2.45) is 0 Å². The SMILES string of the molecule is CC(=O)Oc1ccc2c(C3CCCCC3)c3n(c2c1)CCOc1c(NCC(=O)N2CCCCC2)cccc1-3. The van der Waals surface area contributed by atoms with Crippen LogP contribution in [0.5, 0.6) is 11.5 Å². The zero-order valence-electron chi connectivity index (χ0n) is 22.3. The lowest BCUT2D eigenvalue weighted by atomic mass is 9.81. The summed E-state index contributed by atoms with van der Waals surface area (Å²) in [5.41, 5.74) is 5.58. The summed E-state index contributed by atoms with van der Waals surface area (Å²) in [6, 6.07) is 12.2. The molecule has 0 radical (unpaired) electrons. The maximum absolute atomic E-state index is 12.9. The Bertz CT molecular complexity index is 1350. The van der Waals surface area contributed by atoms with Crippen molar-refractivity contribution in [1.29, 1.82) is 0 Å². The van der Waals surface area contributed by atoms with E-state index in [2.05, 4.69) is 28.1 Å². The maximum atomic E-state index is 12.9. The van der Waals surface area contributed by atoms with E-state index in [-0.39, 0.29) is 18.4 Å². The van der Waals surface area contributed by atoms with Crippen molar-refractivity contribution >= 4 is 28.5 Å². The maximum Gasteiger partial charge on any atom is 0.308 e. The molecule has 1 aromatic heterocycles. The van der Waals surface area contributed by atoms with E-state index in [1.54, 1.807) is 0 Å². The third-order valence-electron chi connectivity index (χ3n) is 8.32. The second-order valence-electron chi connectivity index (χ2n) is 10.8. The van der Waals surface area contributed by atoms with Gasteiger partial charge in [0, 0.05) is 37.0 Å². The van der Waals surface area contributed by atoms with Gasteiger partial charge >= 0.3 is 5.97 Å². The Hall–Kier alpha value is -3.48. The molecule has 0 atom stereocenters. The predicted molar refractivity (Wildman–Crippen MR) is 149 cm³/mol. The van der Waals surface area contributed by atoms with Crippen LogP contribution in [0.4, 0.5) is 5.69 Å². The number of aromatic nitrogens is 1. The van der Waals surface area contributed by atoms with Crippen molar-refractivity contribution in [2.45, 2.75) is 70.8 Å². The molecule has 1 amide bonds. The Labute approximate surface area is 224 Å². The quantitative estimate of drug-likeness (QED) is 0.328. The van der Waals surface area contributed by atoms with Crippen LogP contribution in [0, 0.1) is 0 Å². The van der Waals surface area contributed by atoms with Crippen molar-refractivity contribution in [3.05, 3.63) is 42.0 Å². The molecule has 3 aromatic rings. The van der Waals surface area contributed by atoms with Crippen LogP contribution in [0.2, 0.25) is 0 Å². The number of anilines is 1. The molecule has 0 spiro atoms. The number of rotatable bonds is 5. The third kappa shape index (κ3) is 4.74. The first-order valence-electron chi connectivity index (χ1n) is 14.2. The number of carbonyl (C=O) groups excluding carboxylic acids is 2. The molecular weight excluding hydrogens is 478 g/mol. The lowest BCUT2D eigenvalue weighted by molar-refractivity contribution is -0.132. The van der Waals surface area contributed by atoms with Crippen molar-refractivity contribution in [3.8, 4) is 22.8 Å². The van der Waals surface area contributed by atoms with Crippen molar-refractivity contribution in [2.75, 3.05) is 31.6 Å². The van der Waals surface area contributed by atoms with Crippen LogP contribution in [-0.4, -0.2) is 47.6 Å². The van der Waals surface area contributed by atoms with Gasteiger partial charge in [-0.1, -0.05) is 25.3 Å². The lowest BCUT2D eigenvalue weighted by Gasteiger charge is -2.27. The van der Waals surface area contributed by atoms with E-state index >= 15 is 0 Å². The molecule has 38 heavy (non-hydrogen) atoms. The number of ether oxygens (including phenoxy) is 2. The monoisotopic (exact) mass is 515 g/mol. The third-order valence-corrected chi connectivity index (χ3v) is 8.32. The molecule has 2 aromatic carbocycles. The summed E-state index contributed by atoms with van der Waals surface area (Å²) in [5.74, 6) is 1.69. The fourth-order valence-corrected chi connectivity index (χ4v) is 6.60. The highest BCUT2D eigenvalue weighted by Crippen LogP contribution is 2.49. The van der Waals surface area contributed by atoms with Crippen LogP contribution in [0.15, 0.2) is 36.4 Å². The van der Waals surface area contributed by atoms with Gasteiger partial charge in [-0.25, -0.2) is 0 Å². The first kappa shape index (κ1) is 24.8. The summed E-state index contributed by atoms with van der Waals surface area (Å²) in [4.78, 5) is 26.5. The second-order valence-corrected chi connectivity index (χ2v) is 10.8. The number of benzene rings is 2. The van der Waals surface area contributed by atoms with Gasteiger partial charge in [-0.05, 0) is 67.9 Å². The number of esters is 1. The van der Waals surface area contributed by atoms with E-state index < -0.39 is 0 Å². The summed E-state index contributed by atoms with van der Waals surface area (Å²) in [5, 5.41) is 4.64. The Morgan fingerprint density at radius 2 is 1.79 bits per heavy atom. The van der Waals surface area contributed by atoms with Crippen LogP contribution >= 0.6 is 0 Å². The Balaban J connectivity index is 1.42. The molecule has 3 heterocycles. The van der Waals surface area contributed by atoms with Gasteiger partial charge in [0.15, 0.2) is 5.75 Å². The van der Waals surface area contributed by atoms with Crippen LogP contribution < -0.4 is 14.8 Å². The van der Waals surface area contributed by atoms with E-state index in [0.717, 1.165) is 48.4 Å². The standard InChI is InChI=1S/C31H37N3O4/c1-21(35)38-23-13-14-24-27(19-23)34-17-18-37-31-25(30(34)29(24)22-9-4-2-5-10-22)11-8-12-26(31)32-20-28(36)33-15-6-3-7-16-33/h8,11-14,19,22,32H,2-7,9-10,15-18,20H2,1H3. The molecule has 7 heteroatoms. The molecule has 7 nitrogen and oxygen atoms in total. The van der Waals surface area contributed by atoms with Gasteiger partial charge in [0.25, 0.3) is 0 Å². The molecule has 200 valence electrons. The first-order chi connectivity index (χ1) is 18.6. The number of nitrogens with zero attached hydrogens (tertiary/aromatic N) is 2. The summed E-state index contributed by atoms with van der Waals surface area (Å²) in [6.07, 6.45) is 9.51. The topological polar surface area (TPSA) is 72.8 Å².